The van der Waals surface area contributed by atoms with Crippen LogP contribution >= 0.6 is 0 Å². The fourth-order valence-electron chi connectivity index (χ4n) is 1.61. The second kappa shape index (κ2) is 4.17. The van der Waals surface area contributed by atoms with Crippen molar-refractivity contribution < 1.29 is 4.79 Å². The lowest BCUT2D eigenvalue weighted by molar-refractivity contribution is 0.208. The van der Waals surface area contributed by atoms with Crippen LogP contribution < -0.4 is 5.32 Å². The Balaban J connectivity index is 2.20. The van der Waals surface area contributed by atoms with Crippen LogP contribution in [-0.4, -0.2) is 24.0 Å². The van der Waals surface area contributed by atoms with E-state index in [1.807, 2.05) is 43.3 Å². The monoisotopic (exact) mass is 202 g/mol. The third-order valence-corrected chi connectivity index (χ3v) is 2.51. The van der Waals surface area contributed by atoms with Crippen LogP contribution in [0.2, 0.25) is 0 Å². The maximum Gasteiger partial charge on any atom is 0.322 e. The molecule has 0 fully saturated rings. The summed E-state index contributed by atoms with van der Waals surface area (Å²) in [4.78, 5) is 13.3. The molecular weight excluding hydrogens is 188 g/mol. The number of urea groups is 1. The van der Waals surface area contributed by atoms with Crippen molar-refractivity contribution in [1.29, 1.82) is 0 Å². The number of nitrogens with one attached hydrogen (secondary N) is 1. The number of benzene rings is 1. The first-order chi connectivity index (χ1) is 7.31. The van der Waals surface area contributed by atoms with Crippen LogP contribution in [-0.2, 0) is 0 Å². The number of amides is 2. The molecular formula is C12H14N2O. The molecule has 1 aliphatic rings. The Morgan fingerprint density at radius 1 is 1.33 bits per heavy atom. The Morgan fingerprint density at radius 3 is 2.67 bits per heavy atom. The van der Waals surface area contributed by atoms with Crippen LogP contribution in [0.4, 0.5) is 4.79 Å². The average Bonchev–Trinajstić information content (AvgIpc) is 2.30. The van der Waals surface area contributed by atoms with Crippen LogP contribution in [0.3, 0.4) is 0 Å². The smallest absolute Gasteiger partial charge is 0.321 e. The summed E-state index contributed by atoms with van der Waals surface area (Å²) in [7, 11) is 0. The lowest BCUT2D eigenvalue weighted by Gasteiger charge is -2.26. The van der Waals surface area contributed by atoms with Gasteiger partial charge in [-0.25, -0.2) is 4.79 Å². The lowest BCUT2D eigenvalue weighted by Crippen LogP contribution is -2.42. The molecule has 78 valence electrons. The number of rotatable bonds is 2. The summed E-state index contributed by atoms with van der Waals surface area (Å²) in [6, 6.07) is 9.87. The molecule has 0 atom stereocenters. The predicted molar refractivity (Wildman–Crippen MR) is 60.2 cm³/mol. The van der Waals surface area contributed by atoms with E-state index in [2.05, 4.69) is 5.32 Å². The van der Waals surface area contributed by atoms with Gasteiger partial charge in [0.15, 0.2) is 0 Å². The summed E-state index contributed by atoms with van der Waals surface area (Å²) in [5, 5.41) is 2.88. The van der Waals surface area contributed by atoms with E-state index in [1.54, 1.807) is 4.90 Å². The normalized spacial score (nSPS) is 15.9. The molecule has 1 aliphatic heterocycles. The zero-order chi connectivity index (χ0) is 10.7. The first kappa shape index (κ1) is 9.77. The van der Waals surface area contributed by atoms with Crippen LogP contribution in [0.1, 0.15) is 12.5 Å². The summed E-state index contributed by atoms with van der Waals surface area (Å²) in [6.45, 7) is 3.40. The van der Waals surface area contributed by atoms with Crippen molar-refractivity contribution in [3.63, 3.8) is 0 Å². The van der Waals surface area contributed by atoms with Gasteiger partial charge in [0.1, 0.15) is 0 Å². The van der Waals surface area contributed by atoms with Gasteiger partial charge in [0.25, 0.3) is 0 Å². The first-order valence-electron chi connectivity index (χ1n) is 5.12. The minimum absolute atomic E-state index is 0.0150. The van der Waals surface area contributed by atoms with Gasteiger partial charge in [0.2, 0.25) is 0 Å². The van der Waals surface area contributed by atoms with Gasteiger partial charge in [0.05, 0.1) is 0 Å². The third-order valence-electron chi connectivity index (χ3n) is 2.51. The Kier molecular flexibility index (Phi) is 2.72. The van der Waals surface area contributed by atoms with Gasteiger partial charge in [-0.1, -0.05) is 30.3 Å². The van der Waals surface area contributed by atoms with Gasteiger partial charge < -0.3 is 10.2 Å². The molecule has 1 aromatic rings. The highest BCUT2D eigenvalue weighted by Gasteiger charge is 2.17. The van der Waals surface area contributed by atoms with Crippen LogP contribution in [0, 0.1) is 0 Å². The summed E-state index contributed by atoms with van der Waals surface area (Å²) in [5.41, 5.74) is 1.96. The average molecular weight is 202 g/mol. The zero-order valence-electron chi connectivity index (χ0n) is 8.73. The van der Waals surface area contributed by atoms with Crippen LogP contribution in [0.25, 0.3) is 5.70 Å². The van der Waals surface area contributed by atoms with E-state index in [-0.39, 0.29) is 6.03 Å². The van der Waals surface area contributed by atoms with Crippen molar-refractivity contribution >= 4 is 11.7 Å². The van der Waals surface area contributed by atoms with E-state index in [0.717, 1.165) is 17.8 Å². The van der Waals surface area contributed by atoms with Gasteiger partial charge in [0, 0.05) is 18.8 Å². The minimum Gasteiger partial charge on any atom is -0.321 e. The molecule has 0 spiro atoms. The van der Waals surface area contributed by atoms with Crippen LogP contribution in [0.15, 0.2) is 36.4 Å². The van der Waals surface area contributed by atoms with Gasteiger partial charge in [-0.2, -0.15) is 0 Å². The van der Waals surface area contributed by atoms with Crippen LogP contribution in [0.5, 0.6) is 0 Å². The van der Waals surface area contributed by atoms with Gasteiger partial charge in [-0.05, 0) is 18.6 Å². The van der Waals surface area contributed by atoms with Crippen molar-refractivity contribution in [2.24, 2.45) is 0 Å². The molecule has 0 saturated heterocycles. The molecule has 0 unspecified atom stereocenters. The molecule has 1 N–H and O–H groups in total. The summed E-state index contributed by atoms with van der Waals surface area (Å²) in [5.74, 6) is 0. The predicted octanol–water partition coefficient (Wildman–Crippen LogP) is 2.07. The fourth-order valence-corrected chi connectivity index (χ4v) is 1.61. The SMILES string of the molecule is CCN1CC=C(c2ccccc2)NC1=O. The topological polar surface area (TPSA) is 32.3 Å². The van der Waals surface area contributed by atoms with Gasteiger partial charge in [-0.15, -0.1) is 0 Å². The minimum atomic E-state index is -0.0150. The molecule has 0 bridgehead atoms. The van der Waals surface area contributed by atoms with Gasteiger partial charge >= 0.3 is 6.03 Å². The van der Waals surface area contributed by atoms with Crippen molar-refractivity contribution in [2.75, 3.05) is 13.1 Å². The van der Waals surface area contributed by atoms with Crippen molar-refractivity contribution in [3.05, 3.63) is 42.0 Å². The highest BCUT2D eigenvalue weighted by atomic mass is 16.2. The molecule has 15 heavy (non-hydrogen) atoms. The molecule has 1 heterocycles. The molecule has 0 saturated carbocycles. The molecule has 0 aliphatic carbocycles. The Hall–Kier alpha value is -1.77. The van der Waals surface area contributed by atoms with Crippen molar-refractivity contribution in [2.45, 2.75) is 6.92 Å². The molecule has 2 amide bonds. The second-order valence-electron chi connectivity index (χ2n) is 3.45. The standard InChI is InChI=1S/C12H14N2O/c1-2-14-9-8-11(13-12(14)15)10-6-4-3-5-7-10/h3-8H,2,9H2,1H3,(H,13,15). The van der Waals surface area contributed by atoms with E-state index < -0.39 is 0 Å². The van der Waals surface area contributed by atoms with E-state index in [4.69, 9.17) is 0 Å². The first-order valence-corrected chi connectivity index (χ1v) is 5.12. The summed E-state index contributed by atoms with van der Waals surface area (Å²) in [6.07, 6.45) is 2.04. The highest BCUT2D eigenvalue weighted by molar-refractivity contribution is 5.87. The molecule has 0 radical (unpaired) electrons. The molecule has 3 nitrogen and oxygen atoms in total. The highest BCUT2D eigenvalue weighted by Crippen LogP contribution is 2.14. The molecule has 1 aromatic carbocycles. The lowest BCUT2D eigenvalue weighted by atomic mass is 10.1. The van der Waals surface area contributed by atoms with E-state index in [1.165, 1.54) is 0 Å². The number of likely N-dealkylation sites (N-methyl/N-ethyl adjacent to an activating group) is 1. The van der Waals surface area contributed by atoms with Gasteiger partial charge in [-0.3, -0.25) is 0 Å². The largest absolute Gasteiger partial charge is 0.322 e. The molecule has 2 rings (SSSR count). The van der Waals surface area contributed by atoms with E-state index >= 15 is 0 Å². The summed E-state index contributed by atoms with van der Waals surface area (Å²) >= 11 is 0. The molecule has 0 aromatic heterocycles. The Labute approximate surface area is 89.4 Å². The van der Waals surface area contributed by atoms with E-state index in [9.17, 15) is 4.79 Å². The Bertz CT molecular complexity index is 384. The molecule has 3 heteroatoms. The van der Waals surface area contributed by atoms with E-state index in [0.29, 0.717) is 6.54 Å². The number of hydrogen-bond acceptors (Lipinski definition) is 1. The zero-order valence-corrected chi connectivity index (χ0v) is 8.73. The quantitative estimate of drug-likeness (QED) is 0.782. The van der Waals surface area contributed by atoms with Crippen molar-refractivity contribution in [1.82, 2.24) is 10.2 Å². The Morgan fingerprint density at radius 2 is 2.07 bits per heavy atom. The number of carbonyl (C=O) groups is 1. The second-order valence-corrected chi connectivity index (χ2v) is 3.45. The fraction of sp³-hybridized carbons (Fsp3) is 0.250. The third kappa shape index (κ3) is 2.01. The maximum absolute atomic E-state index is 11.6. The number of nitrogens with zero attached hydrogens (tertiary/aromatic N) is 1. The summed E-state index contributed by atoms with van der Waals surface area (Å²) < 4.78 is 0. The number of hydrogen-bond donors (Lipinski definition) is 1. The maximum atomic E-state index is 11.6. The number of carbonyl (C=O) groups excluding carboxylic acids is 1. The van der Waals surface area contributed by atoms with Crippen molar-refractivity contribution in [3.8, 4) is 0 Å².